The van der Waals surface area contributed by atoms with Gasteiger partial charge in [-0.15, -0.1) is 0 Å². The predicted octanol–water partition coefficient (Wildman–Crippen LogP) is 3.15. The minimum absolute atomic E-state index is 0.114. The van der Waals surface area contributed by atoms with E-state index in [9.17, 15) is 4.79 Å². The molecule has 4 nitrogen and oxygen atoms in total. The molecular formula is C18H28N2O2. The average Bonchev–Trinajstić information content (AvgIpc) is 3.32. The van der Waals surface area contributed by atoms with Gasteiger partial charge in [-0.05, 0) is 30.2 Å². The normalized spacial score (nSPS) is 15.6. The Bertz CT molecular complexity index is 444. The first-order valence-corrected chi connectivity index (χ1v) is 8.31. The fourth-order valence-electron chi connectivity index (χ4n) is 2.48. The predicted molar refractivity (Wildman–Crippen MR) is 89.0 cm³/mol. The summed E-state index contributed by atoms with van der Waals surface area (Å²) in [6.07, 6.45) is 2.59. The van der Waals surface area contributed by atoms with Crippen LogP contribution in [0.15, 0.2) is 30.3 Å². The number of benzene rings is 1. The molecule has 0 heterocycles. The number of rotatable bonds is 9. The van der Waals surface area contributed by atoms with Crippen LogP contribution in [0.5, 0.6) is 0 Å². The number of carbonyl (C=O) groups excluding carboxylic acids is 1. The molecule has 0 aromatic heterocycles. The van der Waals surface area contributed by atoms with Gasteiger partial charge in [0.1, 0.15) is 0 Å². The molecule has 1 aliphatic carbocycles. The molecule has 0 spiro atoms. The Kier molecular flexibility index (Phi) is 6.72. The van der Waals surface area contributed by atoms with E-state index in [1.165, 1.54) is 18.4 Å². The lowest BCUT2D eigenvalue weighted by molar-refractivity contribution is 0.127. The van der Waals surface area contributed by atoms with Gasteiger partial charge in [-0.1, -0.05) is 44.2 Å². The van der Waals surface area contributed by atoms with Crippen LogP contribution >= 0.6 is 0 Å². The van der Waals surface area contributed by atoms with Gasteiger partial charge in [-0.25, -0.2) is 4.79 Å². The van der Waals surface area contributed by atoms with Crippen molar-refractivity contribution in [2.45, 2.75) is 32.6 Å². The summed E-state index contributed by atoms with van der Waals surface area (Å²) in [5.74, 6) is 1.58. The van der Waals surface area contributed by atoms with Crippen molar-refractivity contribution in [1.82, 2.24) is 10.6 Å². The molecule has 0 bridgehead atoms. The number of amides is 2. The SMILES string of the molecule is CC(C)C(CNC(=O)NCCOCC1CC1)c1ccccc1. The van der Waals surface area contributed by atoms with Crippen LogP contribution in [0.25, 0.3) is 0 Å². The van der Waals surface area contributed by atoms with Crippen LogP contribution in [-0.2, 0) is 4.74 Å². The Morgan fingerprint density at radius 1 is 1.23 bits per heavy atom. The number of carbonyl (C=O) groups is 1. The second kappa shape index (κ2) is 8.79. The summed E-state index contributed by atoms with van der Waals surface area (Å²) in [5.41, 5.74) is 1.27. The number of nitrogens with one attached hydrogen (secondary N) is 2. The van der Waals surface area contributed by atoms with E-state index in [4.69, 9.17) is 4.74 Å². The fourth-order valence-corrected chi connectivity index (χ4v) is 2.48. The molecule has 22 heavy (non-hydrogen) atoms. The molecule has 122 valence electrons. The van der Waals surface area contributed by atoms with Gasteiger partial charge >= 0.3 is 6.03 Å². The van der Waals surface area contributed by atoms with Gasteiger partial charge in [0.25, 0.3) is 0 Å². The minimum Gasteiger partial charge on any atom is -0.379 e. The van der Waals surface area contributed by atoms with Crippen LogP contribution in [-0.4, -0.2) is 32.3 Å². The summed E-state index contributed by atoms with van der Waals surface area (Å²) in [6, 6.07) is 10.2. The maximum atomic E-state index is 11.8. The van der Waals surface area contributed by atoms with E-state index in [1.807, 2.05) is 18.2 Å². The second-order valence-electron chi connectivity index (χ2n) is 6.42. The number of hydrogen-bond donors (Lipinski definition) is 2. The van der Waals surface area contributed by atoms with E-state index < -0.39 is 0 Å². The van der Waals surface area contributed by atoms with Crippen molar-refractivity contribution in [3.8, 4) is 0 Å². The summed E-state index contributed by atoms with van der Waals surface area (Å²) in [5, 5.41) is 5.82. The molecular weight excluding hydrogens is 276 g/mol. The first-order valence-electron chi connectivity index (χ1n) is 8.31. The van der Waals surface area contributed by atoms with Gasteiger partial charge in [0.2, 0.25) is 0 Å². The third-order valence-corrected chi connectivity index (χ3v) is 4.10. The fraction of sp³-hybridized carbons (Fsp3) is 0.611. The second-order valence-corrected chi connectivity index (χ2v) is 6.42. The van der Waals surface area contributed by atoms with Crippen molar-refractivity contribution in [2.75, 3.05) is 26.3 Å². The van der Waals surface area contributed by atoms with Crippen LogP contribution in [0.4, 0.5) is 4.79 Å². The monoisotopic (exact) mass is 304 g/mol. The summed E-state index contributed by atoms with van der Waals surface area (Å²) in [7, 11) is 0. The highest BCUT2D eigenvalue weighted by atomic mass is 16.5. The largest absolute Gasteiger partial charge is 0.379 e. The molecule has 2 rings (SSSR count). The first-order chi connectivity index (χ1) is 10.7. The summed E-state index contributed by atoms with van der Waals surface area (Å²) >= 11 is 0. The van der Waals surface area contributed by atoms with Crippen LogP contribution < -0.4 is 10.6 Å². The Morgan fingerprint density at radius 3 is 2.59 bits per heavy atom. The van der Waals surface area contributed by atoms with E-state index >= 15 is 0 Å². The smallest absolute Gasteiger partial charge is 0.314 e. The Morgan fingerprint density at radius 2 is 1.95 bits per heavy atom. The molecule has 0 radical (unpaired) electrons. The van der Waals surface area contributed by atoms with Gasteiger partial charge in [0.05, 0.1) is 6.61 Å². The third-order valence-electron chi connectivity index (χ3n) is 4.10. The quantitative estimate of drug-likeness (QED) is 0.689. The third kappa shape index (κ3) is 6.06. The maximum Gasteiger partial charge on any atom is 0.314 e. The van der Waals surface area contributed by atoms with Crippen molar-refractivity contribution in [3.05, 3.63) is 35.9 Å². The lowest BCUT2D eigenvalue weighted by Crippen LogP contribution is -2.40. The van der Waals surface area contributed by atoms with Gasteiger partial charge in [0.15, 0.2) is 0 Å². The zero-order chi connectivity index (χ0) is 15.8. The topological polar surface area (TPSA) is 50.4 Å². The van der Waals surface area contributed by atoms with Crippen LogP contribution in [0.1, 0.15) is 38.2 Å². The minimum atomic E-state index is -0.114. The summed E-state index contributed by atoms with van der Waals surface area (Å²) < 4.78 is 5.50. The van der Waals surface area contributed by atoms with E-state index in [2.05, 4.69) is 36.6 Å². The summed E-state index contributed by atoms with van der Waals surface area (Å²) in [6.45, 7) is 7.02. The molecule has 2 N–H and O–H groups in total. The highest BCUT2D eigenvalue weighted by Gasteiger charge is 2.21. The molecule has 0 saturated heterocycles. The maximum absolute atomic E-state index is 11.8. The molecule has 4 heteroatoms. The zero-order valence-corrected chi connectivity index (χ0v) is 13.7. The highest BCUT2D eigenvalue weighted by molar-refractivity contribution is 5.73. The zero-order valence-electron chi connectivity index (χ0n) is 13.7. The van der Waals surface area contributed by atoms with Gasteiger partial charge in [-0.3, -0.25) is 0 Å². The Balaban J connectivity index is 1.64. The van der Waals surface area contributed by atoms with Crippen molar-refractivity contribution >= 4 is 6.03 Å². The molecule has 2 amide bonds. The number of ether oxygens (including phenoxy) is 1. The van der Waals surface area contributed by atoms with Crippen LogP contribution in [0.3, 0.4) is 0 Å². The molecule has 1 aliphatic rings. The van der Waals surface area contributed by atoms with Crippen molar-refractivity contribution in [3.63, 3.8) is 0 Å². The first kappa shape index (κ1) is 16.8. The van der Waals surface area contributed by atoms with Gasteiger partial charge < -0.3 is 15.4 Å². The van der Waals surface area contributed by atoms with Gasteiger partial charge in [-0.2, -0.15) is 0 Å². The van der Waals surface area contributed by atoms with E-state index in [1.54, 1.807) is 0 Å². The Hall–Kier alpha value is -1.55. The van der Waals surface area contributed by atoms with Crippen molar-refractivity contribution in [1.29, 1.82) is 0 Å². The molecule has 1 atom stereocenters. The van der Waals surface area contributed by atoms with E-state index in [0.717, 1.165) is 12.5 Å². The molecule has 1 unspecified atom stereocenters. The van der Waals surface area contributed by atoms with E-state index in [0.29, 0.717) is 31.5 Å². The lowest BCUT2D eigenvalue weighted by atomic mass is 9.88. The average molecular weight is 304 g/mol. The number of urea groups is 1. The van der Waals surface area contributed by atoms with Crippen molar-refractivity contribution in [2.24, 2.45) is 11.8 Å². The van der Waals surface area contributed by atoms with Gasteiger partial charge in [0, 0.05) is 25.6 Å². The number of hydrogen-bond acceptors (Lipinski definition) is 2. The molecule has 1 saturated carbocycles. The van der Waals surface area contributed by atoms with Crippen molar-refractivity contribution < 1.29 is 9.53 Å². The summed E-state index contributed by atoms with van der Waals surface area (Å²) in [4.78, 5) is 11.8. The van der Waals surface area contributed by atoms with Crippen LogP contribution in [0.2, 0.25) is 0 Å². The Labute approximate surface area is 133 Å². The molecule has 1 fully saturated rings. The van der Waals surface area contributed by atoms with Crippen LogP contribution in [0, 0.1) is 11.8 Å². The molecule has 1 aromatic carbocycles. The molecule has 0 aliphatic heterocycles. The lowest BCUT2D eigenvalue weighted by Gasteiger charge is -2.22. The molecule has 1 aromatic rings. The van der Waals surface area contributed by atoms with E-state index in [-0.39, 0.29) is 6.03 Å². The highest BCUT2D eigenvalue weighted by Crippen LogP contribution is 2.28. The standard InChI is InChI=1S/C18H28N2O2/c1-14(2)17(16-6-4-3-5-7-16)12-20-18(21)19-10-11-22-13-15-8-9-15/h3-7,14-15,17H,8-13H2,1-2H3,(H2,19,20,21).